The van der Waals surface area contributed by atoms with E-state index in [1.165, 1.54) is 6.07 Å². The fraction of sp³-hybridized carbons (Fsp3) is 0.250. The first-order valence-electron chi connectivity index (χ1n) is 3.83. The van der Waals surface area contributed by atoms with Crippen molar-refractivity contribution >= 4 is 12.6 Å². The van der Waals surface area contributed by atoms with E-state index >= 15 is 0 Å². The molecule has 0 saturated heterocycles. The Bertz CT molecular complexity index is 273. The molecule has 0 saturated carbocycles. The second-order valence-electron chi connectivity index (χ2n) is 2.58. The molecule has 1 aromatic rings. The summed E-state index contributed by atoms with van der Waals surface area (Å²) in [6.07, 6.45) is 0.668. The van der Waals surface area contributed by atoms with E-state index in [1.54, 1.807) is 12.1 Å². The van der Waals surface area contributed by atoms with Gasteiger partial charge in [-0.05, 0) is 18.1 Å². The molecule has 0 aliphatic heterocycles. The predicted octanol–water partition coefficient (Wildman–Crippen LogP) is -0.366. The Morgan fingerprint density at radius 3 is 2.42 bits per heavy atom. The summed E-state index contributed by atoms with van der Waals surface area (Å²) in [5.74, 6) is -0.0654. The second-order valence-corrected chi connectivity index (χ2v) is 2.58. The molecule has 1 rings (SSSR count). The van der Waals surface area contributed by atoms with Crippen molar-refractivity contribution in [2.45, 2.75) is 13.3 Å². The van der Waals surface area contributed by atoms with Crippen LogP contribution in [0.3, 0.4) is 0 Å². The lowest BCUT2D eigenvalue weighted by Gasteiger charge is -2.07. The average Bonchev–Trinajstić information content (AvgIpc) is 2.03. The van der Waals surface area contributed by atoms with Crippen LogP contribution in [0.1, 0.15) is 12.5 Å². The van der Waals surface area contributed by atoms with Crippen LogP contribution >= 0.6 is 0 Å². The molecule has 0 fully saturated rings. The molecule has 0 bridgehead atoms. The van der Waals surface area contributed by atoms with E-state index in [9.17, 15) is 5.11 Å². The van der Waals surface area contributed by atoms with Gasteiger partial charge in [0.25, 0.3) is 0 Å². The van der Waals surface area contributed by atoms with Gasteiger partial charge in [0, 0.05) is 5.46 Å². The van der Waals surface area contributed by atoms with Crippen molar-refractivity contribution in [3.63, 3.8) is 0 Å². The van der Waals surface area contributed by atoms with Crippen LogP contribution < -0.4 is 5.46 Å². The smallest absolute Gasteiger partial charge is 0.492 e. The first-order chi connectivity index (χ1) is 5.66. The third-order valence-corrected chi connectivity index (χ3v) is 1.81. The molecule has 1 aromatic carbocycles. The molecule has 64 valence electrons. The third kappa shape index (κ3) is 1.60. The van der Waals surface area contributed by atoms with E-state index in [-0.39, 0.29) is 11.2 Å². The van der Waals surface area contributed by atoms with Gasteiger partial charge in [-0.1, -0.05) is 19.1 Å². The molecule has 12 heavy (non-hydrogen) atoms. The highest BCUT2D eigenvalue weighted by Gasteiger charge is 2.18. The maximum Gasteiger partial charge on any atom is 0.492 e. The minimum atomic E-state index is -1.60. The van der Waals surface area contributed by atoms with Gasteiger partial charge in [0.1, 0.15) is 5.75 Å². The fourth-order valence-electron chi connectivity index (χ4n) is 1.21. The topological polar surface area (TPSA) is 60.7 Å². The molecule has 0 unspecified atom stereocenters. The molecule has 0 spiro atoms. The number of aromatic hydroxyl groups is 1. The SMILES string of the molecule is CCc1cccc(O)c1B(O)O. The minimum absolute atomic E-state index is 0.0654. The molecule has 0 heterocycles. The van der Waals surface area contributed by atoms with Crippen LogP contribution in [0.15, 0.2) is 18.2 Å². The first kappa shape index (κ1) is 9.10. The van der Waals surface area contributed by atoms with Gasteiger partial charge in [-0.25, -0.2) is 0 Å². The van der Waals surface area contributed by atoms with Gasteiger partial charge < -0.3 is 15.2 Å². The fourth-order valence-corrected chi connectivity index (χ4v) is 1.21. The number of hydrogen-bond donors (Lipinski definition) is 3. The summed E-state index contributed by atoms with van der Waals surface area (Å²) >= 11 is 0. The highest BCUT2D eigenvalue weighted by atomic mass is 16.4. The van der Waals surface area contributed by atoms with Crippen LogP contribution in [0.5, 0.6) is 5.75 Å². The average molecular weight is 166 g/mol. The summed E-state index contributed by atoms with van der Waals surface area (Å²) in [6, 6.07) is 4.88. The molecule has 0 radical (unpaired) electrons. The molecular formula is C8H11BO3. The zero-order valence-corrected chi connectivity index (χ0v) is 6.86. The maximum absolute atomic E-state index is 9.27. The lowest BCUT2D eigenvalue weighted by molar-refractivity contribution is 0.419. The molecule has 3 nitrogen and oxygen atoms in total. The van der Waals surface area contributed by atoms with Gasteiger partial charge in [0.2, 0.25) is 0 Å². The molecule has 3 N–H and O–H groups in total. The minimum Gasteiger partial charge on any atom is -0.508 e. The lowest BCUT2D eigenvalue weighted by atomic mass is 9.75. The van der Waals surface area contributed by atoms with Gasteiger partial charge in [-0.15, -0.1) is 0 Å². The summed E-state index contributed by atoms with van der Waals surface area (Å²) in [4.78, 5) is 0. The van der Waals surface area contributed by atoms with Crippen LogP contribution in [0.4, 0.5) is 0 Å². The van der Waals surface area contributed by atoms with E-state index in [0.717, 1.165) is 5.56 Å². The molecule has 4 heteroatoms. The molecule has 0 aliphatic rings. The zero-order chi connectivity index (χ0) is 9.14. The van der Waals surface area contributed by atoms with Gasteiger partial charge in [-0.2, -0.15) is 0 Å². The van der Waals surface area contributed by atoms with Crippen LogP contribution in [-0.2, 0) is 6.42 Å². The Morgan fingerprint density at radius 1 is 1.33 bits per heavy atom. The summed E-state index contributed by atoms with van der Waals surface area (Å²) in [5, 5.41) is 27.1. The Morgan fingerprint density at radius 2 is 2.00 bits per heavy atom. The normalized spacial score (nSPS) is 9.92. The van der Waals surface area contributed by atoms with E-state index in [2.05, 4.69) is 0 Å². The quantitative estimate of drug-likeness (QED) is 0.525. The Kier molecular flexibility index (Phi) is 2.73. The van der Waals surface area contributed by atoms with Crippen LogP contribution in [-0.4, -0.2) is 22.3 Å². The molecule has 0 atom stereocenters. The number of hydrogen-bond acceptors (Lipinski definition) is 3. The summed E-state index contributed by atoms with van der Waals surface area (Å²) in [6.45, 7) is 1.89. The van der Waals surface area contributed by atoms with Crippen molar-refractivity contribution in [2.75, 3.05) is 0 Å². The summed E-state index contributed by atoms with van der Waals surface area (Å²) < 4.78 is 0. The molecule has 0 aliphatic carbocycles. The van der Waals surface area contributed by atoms with Crippen molar-refractivity contribution in [1.82, 2.24) is 0 Å². The van der Waals surface area contributed by atoms with Crippen molar-refractivity contribution < 1.29 is 15.2 Å². The van der Waals surface area contributed by atoms with Crippen molar-refractivity contribution in [3.05, 3.63) is 23.8 Å². The molecule has 0 aromatic heterocycles. The van der Waals surface area contributed by atoms with Crippen LogP contribution in [0.2, 0.25) is 0 Å². The Labute approximate surface area is 71.4 Å². The Hall–Kier alpha value is -0.995. The van der Waals surface area contributed by atoms with E-state index in [4.69, 9.17) is 10.0 Å². The number of phenolic OH excluding ortho intramolecular Hbond substituents is 1. The van der Waals surface area contributed by atoms with E-state index < -0.39 is 7.12 Å². The summed E-state index contributed by atoms with van der Waals surface area (Å²) in [5.41, 5.74) is 0.963. The van der Waals surface area contributed by atoms with Crippen molar-refractivity contribution in [3.8, 4) is 5.75 Å². The largest absolute Gasteiger partial charge is 0.508 e. The maximum atomic E-state index is 9.27. The second kappa shape index (κ2) is 3.60. The van der Waals surface area contributed by atoms with Crippen molar-refractivity contribution in [2.24, 2.45) is 0 Å². The van der Waals surface area contributed by atoms with Gasteiger partial charge in [0.05, 0.1) is 0 Å². The predicted molar refractivity (Wildman–Crippen MR) is 47.3 cm³/mol. The third-order valence-electron chi connectivity index (χ3n) is 1.81. The van der Waals surface area contributed by atoms with Crippen LogP contribution in [0.25, 0.3) is 0 Å². The van der Waals surface area contributed by atoms with Crippen LogP contribution in [0, 0.1) is 0 Å². The first-order valence-corrected chi connectivity index (χ1v) is 3.83. The van der Waals surface area contributed by atoms with Gasteiger partial charge in [0.15, 0.2) is 0 Å². The number of benzene rings is 1. The molecular weight excluding hydrogens is 155 g/mol. The monoisotopic (exact) mass is 166 g/mol. The highest BCUT2D eigenvalue weighted by Crippen LogP contribution is 2.09. The number of rotatable bonds is 2. The Balaban J connectivity index is 3.20. The highest BCUT2D eigenvalue weighted by molar-refractivity contribution is 6.60. The zero-order valence-electron chi connectivity index (χ0n) is 6.86. The van der Waals surface area contributed by atoms with Gasteiger partial charge in [-0.3, -0.25) is 0 Å². The van der Waals surface area contributed by atoms with Gasteiger partial charge >= 0.3 is 7.12 Å². The van der Waals surface area contributed by atoms with Crippen molar-refractivity contribution in [1.29, 1.82) is 0 Å². The summed E-state index contributed by atoms with van der Waals surface area (Å²) in [7, 11) is -1.60. The lowest BCUT2D eigenvalue weighted by Crippen LogP contribution is -2.33. The van der Waals surface area contributed by atoms with E-state index in [0.29, 0.717) is 6.42 Å². The standard InChI is InChI=1S/C8H11BO3/c1-2-6-4-3-5-7(10)8(6)9(11)12/h3-5,10-12H,2H2,1H3. The molecule has 0 amide bonds. The number of aryl methyl sites for hydroxylation is 1. The van der Waals surface area contributed by atoms with E-state index in [1.807, 2.05) is 6.92 Å². The number of phenols is 1.